The molecule has 1 aliphatic heterocycles. The fraction of sp³-hybridized carbons (Fsp3) is 0.533. The molecule has 1 aliphatic rings. The second kappa shape index (κ2) is 6.33. The minimum absolute atomic E-state index is 0.00788. The van der Waals surface area contributed by atoms with Crippen LogP contribution in [0.15, 0.2) is 24.3 Å². The molecule has 110 valence electrons. The van der Waals surface area contributed by atoms with Crippen LogP contribution in [-0.2, 0) is 4.79 Å². The monoisotopic (exact) mass is 280 g/mol. The second-order valence-corrected chi connectivity index (χ2v) is 5.47. The number of hydrogen-bond donors (Lipinski definition) is 1. The van der Waals surface area contributed by atoms with Crippen molar-refractivity contribution >= 4 is 5.91 Å². The second-order valence-electron chi connectivity index (χ2n) is 5.47. The normalized spacial score (nSPS) is 18.4. The molecular weight excluding hydrogens is 259 g/mol. The van der Waals surface area contributed by atoms with E-state index in [4.69, 9.17) is 0 Å². The van der Waals surface area contributed by atoms with Crippen molar-refractivity contribution in [2.24, 2.45) is 0 Å². The zero-order valence-corrected chi connectivity index (χ0v) is 11.9. The molecule has 5 heteroatoms. The van der Waals surface area contributed by atoms with E-state index < -0.39 is 6.04 Å². The van der Waals surface area contributed by atoms with Crippen LogP contribution in [0.1, 0.15) is 24.4 Å². The van der Waals surface area contributed by atoms with Crippen LogP contribution in [0.25, 0.3) is 0 Å². The van der Waals surface area contributed by atoms with Crippen molar-refractivity contribution in [1.82, 2.24) is 9.80 Å². The van der Waals surface area contributed by atoms with Gasteiger partial charge in [0.25, 0.3) is 0 Å². The van der Waals surface area contributed by atoms with Gasteiger partial charge >= 0.3 is 0 Å². The number of benzene rings is 1. The van der Waals surface area contributed by atoms with Crippen molar-refractivity contribution in [2.75, 3.05) is 27.2 Å². The topological polar surface area (TPSA) is 43.8 Å². The maximum absolute atomic E-state index is 13.0. The van der Waals surface area contributed by atoms with E-state index in [9.17, 15) is 14.3 Å². The van der Waals surface area contributed by atoms with Gasteiger partial charge in [-0.3, -0.25) is 9.69 Å². The Morgan fingerprint density at radius 2 is 1.85 bits per heavy atom. The largest absolute Gasteiger partial charge is 0.393 e. The first-order chi connectivity index (χ1) is 9.49. The van der Waals surface area contributed by atoms with E-state index in [0.717, 1.165) is 5.56 Å². The number of hydrogen-bond acceptors (Lipinski definition) is 3. The average molecular weight is 280 g/mol. The molecule has 1 N–H and O–H groups in total. The number of amides is 1. The third-order valence-electron chi connectivity index (χ3n) is 3.71. The van der Waals surface area contributed by atoms with Gasteiger partial charge in [-0.1, -0.05) is 12.1 Å². The summed E-state index contributed by atoms with van der Waals surface area (Å²) in [6.07, 6.45) is 0.938. The predicted octanol–water partition coefficient (Wildman–Crippen LogP) is 1.41. The Labute approximate surface area is 118 Å². The van der Waals surface area contributed by atoms with Crippen LogP contribution in [0.5, 0.6) is 0 Å². The Morgan fingerprint density at radius 3 is 2.35 bits per heavy atom. The third kappa shape index (κ3) is 3.35. The minimum atomic E-state index is -0.411. The molecule has 0 radical (unpaired) electrons. The number of aliphatic hydroxyl groups excluding tert-OH is 1. The fourth-order valence-electron chi connectivity index (χ4n) is 2.57. The Hall–Kier alpha value is -1.46. The van der Waals surface area contributed by atoms with E-state index in [2.05, 4.69) is 0 Å². The summed E-state index contributed by atoms with van der Waals surface area (Å²) in [6, 6.07) is 5.64. The smallest absolute Gasteiger partial charge is 0.244 e. The van der Waals surface area contributed by atoms with Gasteiger partial charge in [-0.15, -0.1) is 0 Å². The quantitative estimate of drug-likeness (QED) is 0.910. The van der Waals surface area contributed by atoms with Gasteiger partial charge < -0.3 is 10.0 Å². The summed E-state index contributed by atoms with van der Waals surface area (Å²) in [7, 11) is 3.68. The maximum Gasteiger partial charge on any atom is 0.244 e. The van der Waals surface area contributed by atoms with E-state index in [1.54, 1.807) is 17.0 Å². The Balaban J connectivity index is 2.16. The zero-order valence-electron chi connectivity index (χ0n) is 11.9. The van der Waals surface area contributed by atoms with Gasteiger partial charge in [-0.2, -0.15) is 0 Å². The summed E-state index contributed by atoms with van der Waals surface area (Å²) in [5, 5.41) is 9.51. The maximum atomic E-state index is 13.0. The summed E-state index contributed by atoms with van der Waals surface area (Å²) < 4.78 is 13.0. The molecule has 2 rings (SSSR count). The number of halogens is 1. The summed E-state index contributed by atoms with van der Waals surface area (Å²) in [5.74, 6) is -0.298. The van der Waals surface area contributed by atoms with Crippen LogP contribution in [0.3, 0.4) is 0 Å². The Bertz CT molecular complexity index is 453. The molecule has 1 atom stereocenters. The van der Waals surface area contributed by atoms with Gasteiger partial charge in [0.2, 0.25) is 5.91 Å². The standard InChI is InChI=1S/C15H21FN2O2/c1-17(2)14(11-3-5-12(16)6-4-11)15(20)18-9-7-13(19)8-10-18/h3-6,13-14,19H,7-10H2,1-2H3/t14-/m0/s1. The van der Waals surface area contributed by atoms with E-state index in [0.29, 0.717) is 25.9 Å². The number of carbonyl (C=O) groups is 1. The molecule has 1 aromatic rings. The molecule has 20 heavy (non-hydrogen) atoms. The number of nitrogens with zero attached hydrogens (tertiary/aromatic N) is 2. The highest BCUT2D eigenvalue weighted by Crippen LogP contribution is 2.23. The minimum Gasteiger partial charge on any atom is -0.393 e. The molecule has 1 fully saturated rings. The van der Waals surface area contributed by atoms with Gasteiger partial charge in [0, 0.05) is 13.1 Å². The fourth-order valence-corrected chi connectivity index (χ4v) is 2.57. The number of likely N-dealkylation sites (tertiary alicyclic amines) is 1. The molecule has 0 unspecified atom stereocenters. The van der Waals surface area contributed by atoms with Crippen LogP contribution in [-0.4, -0.2) is 54.1 Å². The highest BCUT2D eigenvalue weighted by atomic mass is 19.1. The number of likely N-dealkylation sites (N-methyl/N-ethyl adjacent to an activating group) is 1. The van der Waals surface area contributed by atoms with Gasteiger partial charge in [0.05, 0.1) is 6.10 Å². The molecule has 1 amide bonds. The van der Waals surface area contributed by atoms with Crippen molar-refractivity contribution in [2.45, 2.75) is 25.0 Å². The van der Waals surface area contributed by atoms with Crippen LogP contribution in [0, 0.1) is 5.82 Å². The van der Waals surface area contributed by atoms with Crippen molar-refractivity contribution in [3.63, 3.8) is 0 Å². The summed E-state index contributed by atoms with van der Waals surface area (Å²) >= 11 is 0. The zero-order chi connectivity index (χ0) is 14.7. The van der Waals surface area contributed by atoms with E-state index >= 15 is 0 Å². The molecule has 1 saturated heterocycles. The molecule has 0 saturated carbocycles. The molecule has 1 heterocycles. The van der Waals surface area contributed by atoms with Crippen LogP contribution >= 0.6 is 0 Å². The lowest BCUT2D eigenvalue weighted by Crippen LogP contribution is -2.45. The Morgan fingerprint density at radius 1 is 1.30 bits per heavy atom. The van der Waals surface area contributed by atoms with Crippen molar-refractivity contribution in [3.05, 3.63) is 35.6 Å². The molecule has 1 aromatic carbocycles. The number of piperidine rings is 1. The van der Waals surface area contributed by atoms with Crippen LogP contribution < -0.4 is 0 Å². The highest BCUT2D eigenvalue weighted by molar-refractivity contribution is 5.83. The lowest BCUT2D eigenvalue weighted by molar-refractivity contribution is -0.138. The Kier molecular flexibility index (Phi) is 4.73. The first kappa shape index (κ1) is 14.9. The number of aliphatic hydroxyl groups is 1. The van der Waals surface area contributed by atoms with Crippen molar-refractivity contribution in [3.8, 4) is 0 Å². The third-order valence-corrected chi connectivity index (χ3v) is 3.71. The van der Waals surface area contributed by atoms with Crippen LogP contribution in [0.2, 0.25) is 0 Å². The summed E-state index contributed by atoms with van der Waals surface area (Å²) in [6.45, 7) is 1.15. The number of rotatable bonds is 3. The van der Waals surface area contributed by atoms with Gasteiger partial charge in [0.1, 0.15) is 11.9 Å². The highest BCUT2D eigenvalue weighted by Gasteiger charge is 2.30. The van der Waals surface area contributed by atoms with E-state index in [-0.39, 0.29) is 17.8 Å². The number of carbonyl (C=O) groups excluding carboxylic acids is 1. The molecule has 0 aliphatic carbocycles. The predicted molar refractivity (Wildman–Crippen MR) is 74.6 cm³/mol. The van der Waals surface area contributed by atoms with Gasteiger partial charge in [-0.25, -0.2) is 4.39 Å². The van der Waals surface area contributed by atoms with Crippen molar-refractivity contribution in [1.29, 1.82) is 0 Å². The summed E-state index contributed by atoms with van der Waals surface area (Å²) in [5.41, 5.74) is 0.785. The molecule has 0 bridgehead atoms. The van der Waals surface area contributed by atoms with E-state index in [1.807, 2.05) is 19.0 Å². The van der Waals surface area contributed by atoms with Gasteiger partial charge in [-0.05, 0) is 44.6 Å². The lowest BCUT2D eigenvalue weighted by Gasteiger charge is -2.34. The molecule has 4 nitrogen and oxygen atoms in total. The van der Waals surface area contributed by atoms with Crippen LogP contribution in [0.4, 0.5) is 4.39 Å². The first-order valence-corrected chi connectivity index (χ1v) is 6.88. The van der Waals surface area contributed by atoms with Gasteiger partial charge in [0.15, 0.2) is 0 Å². The lowest BCUT2D eigenvalue weighted by atomic mass is 10.0. The molecule has 0 spiro atoms. The molecular formula is C15H21FN2O2. The van der Waals surface area contributed by atoms with E-state index in [1.165, 1.54) is 12.1 Å². The average Bonchev–Trinajstić information content (AvgIpc) is 2.41. The van der Waals surface area contributed by atoms with Crippen molar-refractivity contribution < 1.29 is 14.3 Å². The molecule has 0 aromatic heterocycles. The first-order valence-electron chi connectivity index (χ1n) is 6.88. The SMILES string of the molecule is CN(C)[C@H](C(=O)N1CCC(O)CC1)c1ccc(F)cc1. The summed E-state index contributed by atoms with van der Waals surface area (Å²) in [4.78, 5) is 16.3.